The van der Waals surface area contributed by atoms with Crippen molar-refractivity contribution in [2.45, 2.75) is 38.3 Å². The van der Waals surface area contributed by atoms with Gasteiger partial charge in [-0.3, -0.25) is 4.90 Å². The molecule has 1 aromatic carbocycles. The van der Waals surface area contributed by atoms with E-state index in [1.807, 2.05) is 12.1 Å². The van der Waals surface area contributed by atoms with Gasteiger partial charge in [0.25, 0.3) is 0 Å². The van der Waals surface area contributed by atoms with Crippen LogP contribution in [0.3, 0.4) is 0 Å². The Balaban J connectivity index is 1.96. The molecule has 0 spiro atoms. The largest absolute Gasteiger partial charge is 0.497 e. The average molecular weight is 248 g/mol. The molecule has 0 aliphatic carbocycles. The van der Waals surface area contributed by atoms with Crippen LogP contribution in [-0.4, -0.2) is 31.1 Å². The maximum Gasteiger partial charge on any atom is 0.118 e. The molecule has 0 radical (unpaired) electrons. The normalized spacial score (nSPS) is 20.9. The summed E-state index contributed by atoms with van der Waals surface area (Å²) in [7, 11) is 1.71. The molecule has 2 rings (SSSR count). The van der Waals surface area contributed by atoms with Gasteiger partial charge in [0.05, 0.1) is 7.11 Å². The SMILES string of the molecule is COc1ccc(CN2CCCCC2CCN)cc1. The van der Waals surface area contributed by atoms with Crippen LogP contribution in [0, 0.1) is 0 Å². The van der Waals surface area contributed by atoms with Gasteiger partial charge in [0, 0.05) is 12.6 Å². The van der Waals surface area contributed by atoms with Crippen molar-refractivity contribution in [1.82, 2.24) is 4.90 Å². The summed E-state index contributed by atoms with van der Waals surface area (Å²) in [4.78, 5) is 2.58. The van der Waals surface area contributed by atoms with Gasteiger partial charge in [-0.25, -0.2) is 0 Å². The van der Waals surface area contributed by atoms with Crippen LogP contribution in [-0.2, 0) is 6.54 Å². The molecule has 0 bridgehead atoms. The minimum Gasteiger partial charge on any atom is -0.497 e. The fourth-order valence-electron chi connectivity index (χ4n) is 2.75. The van der Waals surface area contributed by atoms with Crippen molar-refractivity contribution in [2.24, 2.45) is 5.73 Å². The summed E-state index contributed by atoms with van der Waals surface area (Å²) in [5.41, 5.74) is 7.07. The first kappa shape index (κ1) is 13.4. The van der Waals surface area contributed by atoms with Crippen molar-refractivity contribution in [3.63, 3.8) is 0 Å². The van der Waals surface area contributed by atoms with Crippen LogP contribution >= 0.6 is 0 Å². The molecule has 1 aliphatic rings. The van der Waals surface area contributed by atoms with E-state index >= 15 is 0 Å². The molecule has 1 fully saturated rings. The molecule has 3 nitrogen and oxygen atoms in total. The van der Waals surface area contributed by atoms with E-state index in [1.165, 1.54) is 31.4 Å². The second kappa shape index (κ2) is 6.76. The highest BCUT2D eigenvalue weighted by atomic mass is 16.5. The van der Waals surface area contributed by atoms with Crippen LogP contribution in [0.2, 0.25) is 0 Å². The molecule has 1 heterocycles. The summed E-state index contributed by atoms with van der Waals surface area (Å²) in [6.07, 6.45) is 5.09. The molecule has 100 valence electrons. The van der Waals surface area contributed by atoms with Gasteiger partial charge < -0.3 is 10.5 Å². The Bertz CT molecular complexity index is 348. The molecule has 18 heavy (non-hydrogen) atoms. The van der Waals surface area contributed by atoms with Crippen molar-refractivity contribution < 1.29 is 4.74 Å². The zero-order valence-electron chi connectivity index (χ0n) is 11.3. The highest BCUT2D eigenvalue weighted by Gasteiger charge is 2.21. The number of piperidine rings is 1. The standard InChI is InChI=1S/C15H24N2O/c1-18-15-7-5-13(6-8-15)12-17-11-3-2-4-14(17)9-10-16/h5-8,14H,2-4,9-12,16H2,1H3. The average Bonchev–Trinajstić information content (AvgIpc) is 2.42. The maximum absolute atomic E-state index is 5.71. The number of benzene rings is 1. The van der Waals surface area contributed by atoms with E-state index in [2.05, 4.69) is 17.0 Å². The fraction of sp³-hybridized carbons (Fsp3) is 0.600. The van der Waals surface area contributed by atoms with E-state index in [1.54, 1.807) is 7.11 Å². The number of nitrogens with zero attached hydrogens (tertiary/aromatic N) is 1. The van der Waals surface area contributed by atoms with Gasteiger partial charge in [0.1, 0.15) is 5.75 Å². The number of rotatable bonds is 5. The Morgan fingerprint density at radius 1 is 1.28 bits per heavy atom. The maximum atomic E-state index is 5.71. The number of nitrogens with two attached hydrogens (primary N) is 1. The van der Waals surface area contributed by atoms with E-state index < -0.39 is 0 Å². The van der Waals surface area contributed by atoms with Crippen molar-refractivity contribution >= 4 is 0 Å². The predicted octanol–water partition coefficient (Wildman–Crippen LogP) is 2.40. The number of hydrogen-bond donors (Lipinski definition) is 1. The Morgan fingerprint density at radius 3 is 2.72 bits per heavy atom. The molecule has 1 atom stereocenters. The number of methoxy groups -OCH3 is 1. The molecule has 3 heteroatoms. The predicted molar refractivity (Wildman–Crippen MR) is 74.7 cm³/mol. The van der Waals surface area contributed by atoms with Crippen molar-refractivity contribution in [2.75, 3.05) is 20.2 Å². The summed E-state index contributed by atoms with van der Waals surface area (Å²) in [6, 6.07) is 9.07. The number of likely N-dealkylation sites (tertiary alicyclic amines) is 1. The molecular formula is C15H24N2O. The first-order chi connectivity index (χ1) is 8.83. The quantitative estimate of drug-likeness (QED) is 0.869. The molecule has 0 saturated carbocycles. The third-order valence-electron chi connectivity index (χ3n) is 3.79. The fourth-order valence-corrected chi connectivity index (χ4v) is 2.75. The zero-order valence-corrected chi connectivity index (χ0v) is 11.3. The lowest BCUT2D eigenvalue weighted by molar-refractivity contribution is 0.134. The molecule has 1 saturated heterocycles. The summed E-state index contributed by atoms with van der Waals surface area (Å²) >= 11 is 0. The Hall–Kier alpha value is -1.06. The smallest absolute Gasteiger partial charge is 0.118 e. The van der Waals surface area contributed by atoms with Gasteiger partial charge in [-0.1, -0.05) is 18.6 Å². The van der Waals surface area contributed by atoms with E-state index in [4.69, 9.17) is 10.5 Å². The van der Waals surface area contributed by atoms with Crippen LogP contribution < -0.4 is 10.5 Å². The second-order valence-electron chi connectivity index (χ2n) is 5.05. The molecule has 1 unspecified atom stereocenters. The Kier molecular flexibility index (Phi) is 5.02. The van der Waals surface area contributed by atoms with Gasteiger partial charge in [0.2, 0.25) is 0 Å². The van der Waals surface area contributed by atoms with Crippen LogP contribution in [0.4, 0.5) is 0 Å². The zero-order chi connectivity index (χ0) is 12.8. The lowest BCUT2D eigenvalue weighted by Crippen LogP contribution is -2.40. The van der Waals surface area contributed by atoms with Crippen LogP contribution in [0.25, 0.3) is 0 Å². The third kappa shape index (κ3) is 3.47. The van der Waals surface area contributed by atoms with Crippen LogP contribution in [0.1, 0.15) is 31.2 Å². The molecule has 0 amide bonds. The van der Waals surface area contributed by atoms with Gasteiger partial charge in [-0.2, -0.15) is 0 Å². The Labute approximate surface area is 110 Å². The summed E-state index contributed by atoms with van der Waals surface area (Å²) in [5.74, 6) is 0.927. The molecular weight excluding hydrogens is 224 g/mol. The highest BCUT2D eigenvalue weighted by Crippen LogP contribution is 2.22. The van der Waals surface area contributed by atoms with Gasteiger partial charge in [-0.05, 0) is 50.0 Å². The minimum atomic E-state index is 0.672. The monoisotopic (exact) mass is 248 g/mol. The third-order valence-corrected chi connectivity index (χ3v) is 3.79. The molecule has 1 aliphatic heterocycles. The van der Waals surface area contributed by atoms with E-state index in [9.17, 15) is 0 Å². The lowest BCUT2D eigenvalue weighted by Gasteiger charge is -2.35. The van der Waals surface area contributed by atoms with E-state index in [0.29, 0.717) is 6.04 Å². The lowest BCUT2D eigenvalue weighted by atomic mass is 9.98. The molecule has 1 aromatic rings. The summed E-state index contributed by atoms with van der Waals surface area (Å²) < 4.78 is 5.19. The number of hydrogen-bond acceptors (Lipinski definition) is 3. The summed E-state index contributed by atoms with van der Waals surface area (Å²) in [6.45, 7) is 3.04. The van der Waals surface area contributed by atoms with Crippen molar-refractivity contribution in [1.29, 1.82) is 0 Å². The van der Waals surface area contributed by atoms with Gasteiger partial charge in [0.15, 0.2) is 0 Å². The summed E-state index contributed by atoms with van der Waals surface area (Å²) in [5, 5.41) is 0. The highest BCUT2D eigenvalue weighted by molar-refractivity contribution is 5.27. The van der Waals surface area contributed by atoms with Crippen molar-refractivity contribution in [3.8, 4) is 5.75 Å². The first-order valence-corrected chi connectivity index (χ1v) is 6.90. The van der Waals surface area contributed by atoms with Crippen LogP contribution in [0.5, 0.6) is 5.75 Å². The van der Waals surface area contributed by atoms with E-state index in [-0.39, 0.29) is 0 Å². The van der Waals surface area contributed by atoms with E-state index in [0.717, 1.165) is 25.3 Å². The number of ether oxygens (including phenoxy) is 1. The Morgan fingerprint density at radius 2 is 2.06 bits per heavy atom. The van der Waals surface area contributed by atoms with Gasteiger partial charge in [-0.15, -0.1) is 0 Å². The van der Waals surface area contributed by atoms with Crippen molar-refractivity contribution in [3.05, 3.63) is 29.8 Å². The molecule has 2 N–H and O–H groups in total. The minimum absolute atomic E-state index is 0.672. The molecule has 0 aromatic heterocycles. The first-order valence-electron chi connectivity index (χ1n) is 6.90. The topological polar surface area (TPSA) is 38.5 Å². The second-order valence-corrected chi connectivity index (χ2v) is 5.05. The van der Waals surface area contributed by atoms with Gasteiger partial charge >= 0.3 is 0 Å². The van der Waals surface area contributed by atoms with Crippen LogP contribution in [0.15, 0.2) is 24.3 Å².